The van der Waals surface area contributed by atoms with Gasteiger partial charge in [0.15, 0.2) is 0 Å². The van der Waals surface area contributed by atoms with Gasteiger partial charge in [-0.25, -0.2) is 0 Å². The first-order chi connectivity index (χ1) is 7.00. The van der Waals surface area contributed by atoms with E-state index in [-0.39, 0.29) is 11.4 Å². The van der Waals surface area contributed by atoms with E-state index in [0.29, 0.717) is 5.56 Å². The lowest BCUT2D eigenvalue weighted by Crippen LogP contribution is -2.34. The molecule has 1 aromatic carbocycles. The molecule has 0 saturated heterocycles. The number of aryl methyl sites for hydroxylation is 1. The lowest BCUT2D eigenvalue weighted by atomic mass is 10.1. The Morgan fingerprint density at radius 3 is 2.67 bits per heavy atom. The number of nitrogens with one attached hydrogen (secondary N) is 1. The highest BCUT2D eigenvalue weighted by molar-refractivity contribution is 9.10. The SMILES string of the molecule is Cc1ccc(C(=O)NC2(C)CC2)c(Br)c1. The largest absolute Gasteiger partial charge is 0.347 e. The van der Waals surface area contributed by atoms with Crippen LogP contribution in [0.15, 0.2) is 22.7 Å². The number of hydrogen-bond donors (Lipinski definition) is 1. The second-order valence-corrected chi connectivity index (χ2v) is 5.35. The van der Waals surface area contributed by atoms with Gasteiger partial charge in [0, 0.05) is 10.0 Å². The van der Waals surface area contributed by atoms with Crippen molar-refractivity contribution < 1.29 is 4.79 Å². The minimum Gasteiger partial charge on any atom is -0.347 e. The van der Waals surface area contributed by atoms with Crippen molar-refractivity contribution in [3.63, 3.8) is 0 Å². The van der Waals surface area contributed by atoms with Crippen LogP contribution in [0.2, 0.25) is 0 Å². The molecule has 0 radical (unpaired) electrons. The second-order valence-electron chi connectivity index (χ2n) is 4.50. The Bertz CT molecular complexity index is 410. The number of carbonyl (C=O) groups is 1. The predicted octanol–water partition coefficient (Wildman–Crippen LogP) is 3.04. The van der Waals surface area contributed by atoms with E-state index >= 15 is 0 Å². The molecule has 0 aliphatic heterocycles. The van der Waals surface area contributed by atoms with Crippen LogP contribution < -0.4 is 5.32 Å². The van der Waals surface area contributed by atoms with Crippen LogP contribution in [0, 0.1) is 6.92 Å². The second kappa shape index (κ2) is 3.63. The summed E-state index contributed by atoms with van der Waals surface area (Å²) in [6.07, 6.45) is 2.17. The van der Waals surface area contributed by atoms with Crippen molar-refractivity contribution in [1.29, 1.82) is 0 Å². The smallest absolute Gasteiger partial charge is 0.252 e. The minimum atomic E-state index is 0.0156. The molecule has 0 atom stereocenters. The molecule has 0 aromatic heterocycles. The monoisotopic (exact) mass is 267 g/mol. The highest BCUT2D eigenvalue weighted by Gasteiger charge is 2.38. The molecule has 3 heteroatoms. The highest BCUT2D eigenvalue weighted by atomic mass is 79.9. The Morgan fingerprint density at radius 2 is 2.13 bits per heavy atom. The van der Waals surface area contributed by atoms with Crippen LogP contribution in [0.25, 0.3) is 0 Å². The number of rotatable bonds is 2. The van der Waals surface area contributed by atoms with E-state index < -0.39 is 0 Å². The van der Waals surface area contributed by atoms with E-state index in [1.54, 1.807) is 0 Å². The predicted molar refractivity (Wildman–Crippen MR) is 64.0 cm³/mol. The molecule has 1 aromatic rings. The fourth-order valence-electron chi connectivity index (χ4n) is 1.46. The van der Waals surface area contributed by atoms with E-state index in [1.807, 2.05) is 25.1 Å². The zero-order valence-electron chi connectivity index (χ0n) is 8.93. The van der Waals surface area contributed by atoms with Gasteiger partial charge in [0.05, 0.1) is 5.56 Å². The fourth-order valence-corrected chi connectivity index (χ4v) is 2.13. The maximum absolute atomic E-state index is 11.9. The molecule has 1 N–H and O–H groups in total. The van der Waals surface area contributed by atoms with Crippen molar-refractivity contribution >= 4 is 21.8 Å². The van der Waals surface area contributed by atoms with E-state index in [9.17, 15) is 4.79 Å². The summed E-state index contributed by atoms with van der Waals surface area (Å²) in [5, 5.41) is 3.04. The number of benzene rings is 1. The van der Waals surface area contributed by atoms with Crippen molar-refractivity contribution in [2.24, 2.45) is 0 Å². The molecule has 0 spiro atoms. The third kappa shape index (κ3) is 2.40. The van der Waals surface area contributed by atoms with Crippen LogP contribution >= 0.6 is 15.9 Å². The van der Waals surface area contributed by atoms with Gasteiger partial charge in [-0.2, -0.15) is 0 Å². The van der Waals surface area contributed by atoms with E-state index in [4.69, 9.17) is 0 Å². The zero-order valence-corrected chi connectivity index (χ0v) is 10.5. The van der Waals surface area contributed by atoms with Crippen molar-refractivity contribution in [3.8, 4) is 0 Å². The first-order valence-corrected chi connectivity index (χ1v) is 5.88. The van der Waals surface area contributed by atoms with Gasteiger partial charge in [-0.15, -0.1) is 0 Å². The van der Waals surface area contributed by atoms with E-state index in [0.717, 1.165) is 22.9 Å². The molecular weight excluding hydrogens is 254 g/mol. The number of carbonyl (C=O) groups excluding carboxylic acids is 1. The molecule has 1 amide bonds. The minimum absolute atomic E-state index is 0.0156. The van der Waals surface area contributed by atoms with Crippen LogP contribution in [0.3, 0.4) is 0 Å². The van der Waals surface area contributed by atoms with Crippen LogP contribution in [0.4, 0.5) is 0 Å². The quantitative estimate of drug-likeness (QED) is 0.877. The van der Waals surface area contributed by atoms with Crippen LogP contribution in [0.5, 0.6) is 0 Å². The first-order valence-electron chi connectivity index (χ1n) is 5.09. The molecule has 15 heavy (non-hydrogen) atoms. The number of hydrogen-bond acceptors (Lipinski definition) is 1. The highest BCUT2D eigenvalue weighted by Crippen LogP contribution is 2.34. The summed E-state index contributed by atoms with van der Waals surface area (Å²) in [5.74, 6) is 0.0156. The molecule has 80 valence electrons. The van der Waals surface area contributed by atoms with E-state index in [1.165, 1.54) is 0 Å². The average Bonchev–Trinajstić information content (AvgIpc) is 2.82. The molecule has 1 aliphatic carbocycles. The van der Waals surface area contributed by atoms with Gasteiger partial charge in [0.1, 0.15) is 0 Å². The summed E-state index contributed by atoms with van der Waals surface area (Å²) in [5.41, 5.74) is 1.91. The van der Waals surface area contributed by atoms with Crippen molar-refractivity contribution in [3.05, 3.63) is 33.8 Å². The summed E-state index contributed by atoms with van der Waals surface area (Å²) in [7, 11) is 0. The summed E-state index contributed by atoms with van der Waals surface area (Å²) >= 11 is 3.41. The standard InChI is InChI=1S/C12H14BrNO/c1-8-3-4-9(10(13)7-8)11(15)14-12(2)5-6-12/h3-4,7H,5-6H2,1-2H3,(H,14,15). The lowest BCUT2D eigenvalue weighted by Gasteiger charge is -2.12. The molecule has 2 rings (SSSR count). The Kier molecular flexibility index (Phi) is 2.59. The Morgan fingerprint density at radius 1 is 1.47 bits per heavy atom. The van der Waals surface area contributed by atoms with Gasteiger partial charge in [-0.3, -0.25) is 4.79 Å². The van der Waals surface area contributed by atoms with Gasteiger partial charge in [-0.05, 0) is 60.3 Å². The fraction of sp³-hybridized carbons (Fsp3) is 0.417. The van der Waals surface area contributed by atoms with Crippen molar-refractivity contribution in [2.75, 3.05) is 0 Å². The third-order valence-electron chi connectivity index (χ3n) is 2.78. The summed E-state index contributed by atoms with van der Waals surface area (Å²) in [6.45, 7) is 4.08. The molecule has 1 fully saturated rings. The van der Waals surface area contributed by atoms with Crippen molar-refractivity contribution in [1.82, 2.24) is 5.32 Å². The summed E-state index contributed by atoms with van der Waals surface area (Å²) < 4.78 is 0.865. The first kappa shape index (κ1) is 10.7. The average molecular weight is 268 g/mol. The Balaban J connectivity index is 2.18. The normalized spacial score (nSPS) is 17.3. The Hall–Kier alpha value is -0.830. The number of amides is 1. The van der Waals surface area contributed by atoms with Crippen LogP contribution in [-0.4, -0.2) is 11.4 Å². The van der Waals surface area contributed by atoms with Gasteiger partial charge in [0.2, 0.25) is 0 Å². The summed E-state index contributed by atoms with van der Waals surface area (Å²) in [6, 6.07) is 5.78. The van der Waals surface area contributed by atoms with Crippen LogP contribution in [0.1, 0.15) is 35.7 Å². The zero-order chi connectivity index (χ0) is 11.1. The van der Waals surface area contributed by atoms with Crippen LogP contribution in [-0.2, 0) is 0 Å². The maximum Gasteiger partial charge on any atom is 0.252 e. The lowest BCUT2D eigenvalue weighted by molar-refractivity contribution is 0.0934. The van der Waals surface area contributed by atoms with Crippen molar-refractivity contribution in [2.45, 2.75) is 32.2 Å². The number of halogens is 1. The molecule has 1 saturated carbocycles. The molecule has 1 aliphatic rings. The summed E-state index contributed by atoms with van der Waals surface area (Å²) in [4.78, 5) is 11.9. The van der Waals surface area contributed by atoms with Gasteiger partial charge >= 0.3 is 0 Å². The third-order valence-corrected chi connectivity index (χ3v) is 3.44. The molecule has 0 bridgehead atoms. The van der Waals surface area contributed by atoms with E-state index in [2.05, 4.69) is 28.2 Å². The molecule has 2 nitrogen and oxygen atoms in total. The molecule has 0 unspecified atom stereocenters. The van der Waals surface area contributed by atoms with Gasteiger partial charge < -0.3 is 5.32 Å². The van der Waals surface area contributed by atoms with Gasteiger partial charge in [0.25, 0.3) is 5.91 Å². The molecular formula is C12H14BrNO. The van der Waals surface area contributed by atoms with Gasteiger partial charge in [-0.1, -0.05) is 6.07 Å². The maximum atomic E-state index is 11.9. The Labute approximate surface area is 98.2 Å². The molecule has 0 heterocycles. The topological polar surface area (TPSA) is 29.1 Å².